The van der Waals surface area contributed by atoms with Crippen LogP contribution in [0.5, 0.6) is 0 Å². The van der Waals surface area contributed by atoms with Crippen LogP contribution >= 0.6 is 0 Å². The van der Waals surface area contributed by atoms with Gasteiger partial charge >= 0.3 is 17.9 Å². The molecule has 3 aromatic rings. The largest absolute Gasteiger partial charge is 0.478 e. The van der Waals surface area contributed by atoms with Gasteiger partial charge < -0.3 is 15.3 Å². The van der Waals surface area contributed by atoms with Gasteiger partial charge in [0.1, 0.15) is 0 Å². The Morgan fingerprint density at radius 3 is 1.48 bits per heavy atom. The smallest absolute Gasteiger partial charge is 0.358 e. The molecule has 0 amide bonds. The summed E-state index contributed by atoms with van der Waals surface area (Å²) in [6, 6.07) is 3.93. The van der Waals surface area contributed by atoms with Gasteiger partial charge in [-0.3, -0.25) is 0 Å². The molecule has 0 saturated carbocycles. The van der Waals surface area contributed by atoms with E-state index in [1.54, 1.807) is 0 Å². The molecule has 0 aliphatic heterocycles. The van der Waals surface area contributed by atoms with Gasteiger partial charge in [0.2, 0.25) is 0 Å². The Morgan fingerprint density at radius 1 is 0.720 bits per heavy atom. The maximum absolute atomic E-state index is 11.3. The number of nitrogens with zero attached hydrogens (tertiary/aromatic N) is 6. The molecule has 2 aromatic heterocycles. The molecule has 0 spiro atoms. The van der Waals surface area contributed by atoms with Crippen LogP contribution in [-0.2, 0) is 0 Å². The molecule has 0 unspecified atom stereocenters. The third-order valence-electron chi connectivity index (χ3n) is 3.10. The first kappa shape index (κ1) is 15.8. The molecule has 126 valence electrons. The summed E-state index contributed by atoms with van der Waals surface area (Å²) in [5, 5.41) is 41.2. The van der Waals surface area contributed by atoms with Crippen molar-refractivity contribution in [3.05, 3.63) is 47.5 Å². The van der Waals surface area contributed by atoms with Gasteiger partial charge in [0, 0.05) is 0 Å². The number of rotatable bonds is 5. The highest BCUT2D eigenvalue weighted by Gasteiger charge is 2.15. The van der Waals surface area contributed by atoms with Gasteiger partial charge in [-0.1, -0.05) is 10.4 Å². The normalized spacial score (nSPS) is 10.6. The zero-order valence-electron chi connectivity index (χ0n) is 12.1. The minimum Gasteiger partial charge on any atom is -0.478 e. The summed E-state index contributed by atoms with van der Waals surface area (Å²) in [5.74, 6) is -3.83. The van der Waals surface area contributed by atoms with E-state index in [4.69, 9.17) is 10.2 Å². The lowest BCUT2D eigenvalue weighted by atomic mass is 10.1. The van der Waals surface area contributed by atoms with E-state index < -0.39 is 17.9 Å². The maximum atomic E-state index is 11.3. The Balaban J connectivity index is 2.12. The molecule has 2 heterocycles. The Hall–Kier alpha value is -4.09. The van der Waals surface area contributed by atoms with Crippen molar-refractivity contribution in [3.8, 4) is 11.4 Å². The lowest BCUT2D eigenvalue weighted by molar-refractivity contribution is 0.0679. The fraction of sp³-hybridized carbons (Fsp3) is 0. The number of carbonyl (C=O) groups is 3. The highest BCUT2D eigenvalue weighted by molar-refractivity contribution is 5.89. The topological polar surface area (TPSA) is 173 Å². The molecule has 1 aromatic carbocycles. The SMILES string of the molecule is O=C(O)c1cc(-n2cc(C(=O)O)nn2)cc(-n2cc(C(=O)O)nn2)c1. The van der Waals surface area contributed by atoms with Crippen molar-refractivity contribution in [1.82, 2.24) is 30.0 Å². The summed E-state index contributed by atoms with van der Waals surface area (Å²) in [6.07, 6.45) is 2.22. The number of hydrogen-bond donors (Lipinski definition) is 3. The molecule has 0 aliphatic rings. The van der Waals surface area contributed by atoms with Gasteiger partial charge in [0.25, 0.3) is 0 Å². The van der Waals surface area contributed by atoms with E-state index in [0.29, 0.717) is 0 Å². The fourth-order valence-electron chi connectivity index (χ4n) is 1.96. The van der Waals surface area contributed by atoms with Crippen molar-refractivity contribution in [2.24, 2.45) is 0 Å². The highest BCUT2D eigenvalue weighted by atomic mass is 16.4. The molecule has 0 aliphatic carbocycles. The molecule has 25 heavy (non-hydrogen) atoms. The predicted octanol–water partition coefficient (Wildman–Crippen LogP) is -0.0574. The number of hydrogen-bond acceptors (Lipinski definition) is 7. The van der Waals surface area contributed by atoms with E-state index in [1.165, 1.54) is 18.2 Å². The first-order valence-electron chi connectivity index (χ1n) is 6.55. The lowest BCUT2D eigenvalue weighted by Crippen LogP contribution is -2.05. The number of benzene rings is 1. The third kappa shape index (κ3) is 3.03. The average Bonchev–Trinajstić information content (AvgIpc) is 3.24. The van der Waals surface area contributed by atoms with E-state index >= 15 is 0 Å². The molecular formula is C13H8N6O6. The first-order chi connectivity index (χ1) is 11.8. The Morgan fingerprint density at radius 2 is 1.16 bits per heavy atom. The molecule has 12 heteroatoms. The first-order valence-corrected chi connectivity index (χ1v) is 6.55. The van der Waals surface area contributed by atoms with E-state index in [0.717, 1.165) is 21.8 Å². The van der Waals surface area contributed by atoms with Gasteiger partial charge in [0.05, 0.1) is 29.3 Å². The van der Waals surface area contributed by atoms with Crippen LogP contribution in [0.3, 0.4) is 0 Å². The summed E-state index contributed by atoms with van der Waals surface area (Å²) in [7, 11) is 0. The van der Waals surface area contributed by atoms with E-state index in [2.05, 4.69) is 20.6 Å². The van der Waals surface area contributed by atoms with Gasteiger partial charge in [-0.15, -0.1) is 10.2 Å². The minimum absolute atomic E-state index is 0.146. The molecule has 0 atom stereocenters. The van der Waals surface area contributed by atoms with Crippen LogP contribution in [0.2, 0.25) is 0 Å². The Bertz CT molecular complexity index is 936. The van der Waals surface area contributed by atoms with Gasteiger partial charge in [-0.2, -0.15) is 0 Å². The van der Waals surface area contributed by atoms with Crippen LogP contribution in [0.4, 0.5) is 0 Å². The maximum Gasteiger partial charge on any atom is 0.358 e. The van der Waals surface area contributed by atoms with Crippen molar-refractivity contribution in [1.29, 1.82) is 0 Å². The monoisotopic (exact) mass is 344 g/mol. The highest BCUT2D eigenvalue weighted by Crippen LogP contribution is 2.17. The van der Waals surface area contributed by atoms with Crippen molar-refractivity contribution in [2.75, 3.05) is 0 Å². The van der Waals surface area contributed by atoms with E-state index in [9.17, 15) is 19.5 Å². The molecule has 0 radical (unpaired) electrons. The van der Waals surface area contributed by atoms with Crippen LogP contribution in [-0.4, -0.2) is 63.2 Å². The molecule has 0 saturated heterocycles. The van der Waals surface area contributed by atoms with Gasteiger partial charge in [-0.25, -0.2) is 23.7 Å². The van der Waals surface area contributed by atoms with Crippen LogP contribution in [0, 0.1) is 0 Å². The van der Waals surface area contributed by atoms with Crippen LogP contribution in [0.25, 0.3) is 11.4 Å². The molecular weight excluding hydrogens is 336 g/mol. The van der Waals surface area contributed by atoms with Crippen LogP contribution < -0.4 is 0 Å². The molecule has 0 bridgehead atoms. The summed E-state index contributed by atoms with van der Waals surface area (Å²) >= 11 is 0. The number of aromatic carboxylic acids is 3. The lowest BCUT2D eigenvalue weighted by Gasteiger charge is -2.07. The average molecular weight is 344 g/mol. The number of carboxylic acid groups (broad SMARTS) is 3. The minimum atomic E-state index is -1.29. The summed E-state index contributed by atoms with van der Waals surface area (Å²) < 4.78 is 2.16. The van der Waals surface area contributed by atoms with Crippen LogP contribution in [0.1, 0.15) is 31.3 Å². The molecule has 0 fully saturated rings. The van der Waals surface area contributed by atoms with E-state index in [-0.39, 0.29) is 28.3 Å². The predicted molar refractivity (Wildman–Crippen MR) is 77.2 cm³/mol. The van der Waals surface area contributed by atoms with Gasteiger partial charge in [-0.05, 0) is 18.2 Å². The molecule has 3 N–H and O–H groups in total. The second-order valence-electron chi connectivity index (χ2n) is 4.75. The zero-order valence-corrected chi connectivity index (χ0v) is 12.1. The third-order valence-corrected chi connectivity index (χ3v) is 3.10. The van der Waals surface area contributed by atoms with Crippen molar-refractivity contribution in [2.45, 2.75) is 0 Å². The second-order valence-corrected chi connectivity index (χ2v) is 4.75. The zero-order chi connectivity index (χ0) is 18.1. The van der Waals surface area contributed by atoms with Crippen LogP contribution in [0.15, 0.2) is 30.6 Å². The van der Waals surface area contributed by atoms with Gasteiger partial charge in [0.15, 0.2) is 11.4 Å². The number of carboxylic acids is 3. The van der Waals surface area contributed by atoms with E-state index in [1.807, 2.05) is 0 Å². The Kier molecular flexibility index (Phi) is 3.69. The summed E-state index contributed by atoms with van der Waals surface area (Å²) in [4.78, 5) is 33.1. The van der Waals surface area contributed by atoms with Crippen molar-refractivity contribution >= 4 is 17.9 Å². The Labute approximate surface area is 137 Å². The van der Waals surface area contributed by atoms with Crippen molar-refractivity contribution in [3.63, 3.8) is 0 Å². The second kappa shape index (κ2) is 5.84. The quantitative estimate of drug-likeness (QED) is 0.569. The molecule has 12 nitrogen and oxygen atoms in total. The molecule has 3 rings (SSSR count). The number of aromatic nitrogens is 6. The van der Waals surface area contributed by atoms with Crippen molar-refractivity contribution < 1.29 is 29.7 Å². The summed E-state index contributed by atoms with van der Waals surface area (Å²) in [5.41, 5.74) is -0.399. The summed E-state index contributed by atoms with van der Waals surface area (Å²) in [6.45, 7) is 0. The standard InChI is InChI=1S/C13H8N6O6/c20-11(21)6-1-7(18-4-9(12(22)23)14-16-18)3-8(2-6)19-5-10(13(24)25)15-17-19/h1-5H,(H,20,21)(H,22,23)(H,24,25). The fourth-order valence-corrected chi connectivity index (χ4v) is 1.96.